The highest BCUT2D eigenvalue weighted by molar-refractivity contribution is 9.10. The van der Waals surface area contributed by atoms with E-state index in [0.29, 0.717) is 11.1 Å². The lowest BCUT2D eigenvalue weighted by molar-refractivity contribution is -0.533. The second-order valence-corrected chi connectivity index (χ2v) is 7.95. The van der Waals surface area contributed by atoms with Crippen molar-refractivity contribution in [3.63, 3.8) is 0 Å². The van der Waals surface area contributed by atoms with Crippen molar-refractivity contribution in [3.8, 4) is 0 Å². The Kier molecular flexibility index (Phi) is 5.25. The fraction of sp³-hybridized carbons (Fsp3) is 0.350. The number of rotatable bonds is 4. The van der Waals surface area contributed by atoms with E-state index >= 15 is 0 Å². The van der Waals surface area contributed by atoms with E-state index < -0.39 is 23.5 Å². The van der Waals surface area contributed by atoms with E-state index in [2.05, 4.69) is 15.9 Å². The zero-order chi connectivity index (χ0) is 18.9. The van der Waals surface area contributed by atoms with Gasteiger partial charge in [0, 0.05) is 21.4 Å². The molecule has 5 nitrogen and oxygen atoms in total. The summed E-state index contributed by atoms with van der Waals surface area (Å²) in [7, 11) is 0. The fourth-order valence-corrected chi connectivity index (χ4v) is 4.39. The zero-order valence-corrected chi connectivity index (χ0v) is 15.9. The second kappa shape index (κ2) is 7.29. The predicted molar refractivity (Wildman–Crippen MR) is 102 cm³/mol. The lowest BCUT2D eigenvalue weighted by Crippen LogP contribution is -2.52. The number of halogens is 1. The molecule has 0 spiro atoms. The van der Waals surface area contributed by atoms with Crippen LogP contribution in [-0.2, 0) is 0 Å². The van der Waals surface area contributed by atoms with Gasteiger partial charge in [-0.3, -0.25) is 14.9 Å². The standard InChI is InChI=1S/C20H20BrNO4/c1-20(24)11-10-16(22(25)26)17(14-8-5-9-15(21)12-14)18(20)19(23)13-6-3-2-4-7-13/h2-9,12,16-18,24H,10-11H2,1H3/t16-,17+,18+,20+/m0/s1. The van der Waals surface area contributed by atoms with Crippen molar-refractivity contribution in [2.24, 2.45) is 5.92 Å². The first-order valence-electron chi connectivity index (χ1n) is 8.52. The molecule has 0 aromatic heterocycles. The number of nitro groups is 1. The summed E-state index contributed by atoms with van der Waals surface area (Å²) in [5, 5.41) is 22.8. The first-order valence-corrected chi connectivity index (χ1v) is 9.31. The molecule has 0 aliphatic heterocycles. The van der Waals surface area contributed by atoms with Crippen molar-refractivity contribution in [2.45, 2.75) is 37.3 Å². The van der Waals surface area contributed by atoms with Crippen LogP contribution in [0.4, 0.5) is 0 Å². The average Bonchev–Trinajstić information content (AvgIpc) is 2.60. The Balaban J connectivity index is 2.13. The summed E-state index contributed by atoms with van der Waals surface area (Å²) in [4.78, 5) is 24.7. The van der Waals surface area contributed by atoms with Gasteiger partial charge in [0.2, 0.25) is 6.04 Å². The van der Waals surface area contributed by atoms with Gasteiger partial charge in [0.25, 0.3) is 0 Å². The summed E-state index contributed by atoms with van der Waals surface area (Å²) in [6.07, 6.45) is 0.447. The fourth-order valence-electron chi connectivity index (χ4n) is 3.98. The Morgan fingerprint density at radius 1 is 1.23 bits per heavy atom. The first-order chi connectivity index (χ1) is 12.3. The summed E-state index contributed by atoms with van der Waals surface area (Å²) in [5.74, 6) is -1.84. The van der Waals surface area contributed by atoms with Gasteiger partial charge in [0.1, 0.15) is 0 Å². The molecule has 1 saturated carbocycles. The molecule has 1 N–H and O–H groups in total. The molecule has 1 aliphatic carbocycles. The van der Waals surface area contributed by atoms with Crippen LogP contribution in [0.3, 0.4) is 0 Å². The van der Waals surface area contributed by atoms with Gasteiger partial charge in [-0.05, 0) is 31.0 Å². The monoisotopic (exact) mass is 417 g/mol. The third-order valence-corrected chi connectivity index (χ3v) is 5.73. The van der Waals surface area contributed by atoms with Crippen LogP contribution in [-0.4, -0.2) is 27.5 Å². The average molecular weight is 418 g/mol. The maximum Gasteiger partial charge on any atom is 0.220 e. The summed E-state index contributed by atoms with van der Waals surface area (Å²) in [5.41, 5.74) is -0.163. The number of aliphatic hydroxyl groups is 1. The van der Waals surface area contributed by atoms with E-state index in [9.17, 15) is 20.0 Å². The Labute approximate surface area is 160 Å². The molecule has 3 rings (SSSR count). The van der Waals surface area contributed by atoms with Gasteiger partial charge in [0.15, 0.2) is 5.78 Å². The maximum atomic E-state index is 13.3. The molecule has 4 atom stereocenters. The van der Waals surface area contributed by atoms with Crippen molar-refractivity contribution in [1.82, 2.24) is 0 Å². The summed E-state index contributed by atoms with van der Waals surface area (Å²) in [6, 6.07) is 15.0. The number of hydrogen-bond donors (Lipinski definition) is 1. The molecule has 0 saturated heterocycles. The van der Waals surface area contributed by atoms with E-state index in [1.807, 2.05) is 6.07 Å². The molecule has 1 aliphatic rings. The summed E-state index contributed by atoms with van der Waals surface area (Å²) in [6.45, 7) is 1.61. The molecule has 0 amide bonds. The number of benzene rings is 2. The third-order valence-electron chi connectivity index (χ3n) is 5.24. The smallest absolute Gasteiger partial charge is 0.220 e. The molecule has 2 aromatic rings. The third kappa shape index (κ3) is 3.57. The molecular formula is C20H20BrNO4. The van der Waals surface area contributed by atoms with Gasteiger partial charge in [-0.25, -0.2) is 0 Å². The largest absolute Gasteiger partial charge is 0.389 e. The summed E-state index contributed by atoms with van der Waals surface area (Å²) >= 11 is 3.40. The molecule has 0 bridgehead atoms. The number of Topliss-reactive ketones (excluding diaryl/α,β-unsaturated/α-hetero) is 1. The number of hydrogen-bond acceptors (Lipinski definition) is 4. The second-order valence-electron chi connectivity index (χ2n) is 7.04. The van der Waals surface area contributed by atoms with Crippen molar-refractivity contribution in [2.75, 3.05) is 0 Å². The quantitative estimate of drug-likeness (QED) is 0.458. The van der Waals surface area contributed by atoms with Crippen molar-refractivity contribution < 1.29 is 14.8 Å². The molecule has 1 fully saturated rings. The Morgan fingerprint density at radius 3 is 2.54 bits per heavy atom. The molecule has 6 heteroatoms. The number of nitrogens with zero attached hydrogens (tertiary/aromatic N) is 1. The molecule has 0 unspecified atom stereocenters. The zero-order valence-electron chi connectivity index (χ0n) is 14.3. The van der Waals surface area contributed by atoms with Crippen LogP contribution < -0.4 is 0 Å². The summed E-state index contributed by atoms with van der Waals surface area (Å²) < 4.78 is 0.785. The SMILES string of the molecule is C[C@@]1(O)CC[C@H]([N+](=O)[O-])[C@@H](c2cccc(Br)c2)[C@@H]1C(=O)c1ccccc1. The van der Waals surface area contributed by atoms with Crippen LogP contribution in [0.2, 0.25) is 0 Å². The molecule has 136 valence electrons. The molecule has 26 heavy (non-hydrogen) atoms. The van der Waals surface area contributed by atoms with Gasteiger partial charge in [-0.15, -0.1) is 0 Å². The lowest BCUT2D eigenvalue weighted by Gasteiger charge is -2.43. The Morgan fingerprint density at radius 2 is 1.92 bits per heavy atom. The Hall–Kier alpha value is -2.05. The number of ketones is 1. The van der Waals surface area contributed by atoms with Crippen LogP contribution in [0.1, 0.15) is 41.6 Å². The molecule has 0 heterocycles. The highest BCUT2D eigenvalue weighted by Crippen LogP contribution is 2.46. The van der Waals surface area contributed by atoms with Gasteiger partial charge in [0.05, 0.1) is 17.4 Å². The van der Waals surface area contributed by atoms with Crippen LogP contribution in [0.5, 0.6) is 0 Å². The molecule has 2 aromatic carbocycles. The minimum absolute atomic E-state index is 0.215. The minimum atomic E-state index is -1.31. The van der Waals surface area contributed by atoms with Gasteiger partial charge < -0.3 is 5.11 Å². The van der Waals surface area contributed by atoms with Crippen LogP contribution in [0.25, 0.3) is 0 Å². The Bertz CT molecular complexity index is 822. The van der Waals surface area contributed by atoms with Crippen LogP contribution >= 0.6 is 15.9 Å². The van der Waals surface area contributed by atoms with Crippen LogP contribution in [0, 0.1) is 16.0 Å². The van der Waals surface area contributed by atoms with E-state index in [1.165, 1.54) is 0 Å². The predicted octanol–water partition coefficient (Wildman–Crippen LogP) is 4.22. The minimum Gasteiger partial charge on any atom is -0.389 e. The van der Waals surface area contributed by atoms with Crippen molar-refractivity contribution in [3.05, 3.63) is 80.3 Å². The first kappa shape index (κ1) is 18.7. The van der Waals surface area contributed by atoms with Crippen molar-refractivity contribution >= 4 is 21.7 Å². The van der Waals surface area contributed by atoms with E-state index in [4.69, 9.17) is 0 Å². The molecule has 0 radical (unpaired) electrons. The van der Waals surface area contributed by atoms with Gasteiger partial charge >= 0.3 is 0 Å². The lowest BCUT2D eigenvalue weighted by atomic mass is 9.63. The van der Waals surface area contributed by atoms with Crippen molar-refractivity contribution in [1.29, 1.82) is 0 Å². The normalized spacial score (nSPS) is 28.5. The van der Waals surface area contributed by atoms with E-state index in [0.717, 1.165) is 4.47 Å². The maximum absolute atomic E-state index is 13.3. The topological polar surface area (TPSA) is 80.4 Å². The van der Waals surface area contributed by atoms with Crippen LogP contribution in [0.15, 0.2) is 59.1 Å². The van der Waals surface area contributed by atoms with Gasteiger partial charge in [-0.2, -0.15) is 0 Å². The highest BCUT2D eigenvalue weighted by atomic mass is 79.9. The highest BCUT2D eigenvalue weighted by Gasteiger charge is 2.54. The van der Waals surface area contributed by atoms with Gasteiger partial charge in [-0.1, -0.05) is 58.4 Å². The van der Waals surface area contributed by atoms with E-state index in [1.54, 1.807) is 55.5 Å². The number of carbonyl (C=O) groups excluding carboxylic acids is 1. The molecular weight excluding hydrogens is 398 g/mol. The van der Waals surface area contributed by atoms with E-state index in [-0.39, 0.29) is 23.5 Å². The number of carbonyl (C=O) groups is 1.